The van der Waals surface area contributed by atoms with Crippen molar-refractivity contribution in [3.8, 4) is 16.9 Å². The Morgan fingerprint density at radius 1 is 1.23 bits per heavy atom. The topological polar surface area (TPSA) is 67.8 Å². The van der Waals surface area contributed by atoms with Gasteiger partial charge in [-0.1, -0.05) is 25.1 Å². The molecule has 1 aliphatic heterocycles. The lowest BCUT2D eigenvalue weighted by Crippen LogP contribution is -2.34. The van der Waals surface area contributed by atoms with E-state index in [4.69, 9.17) is 9.47 Å². The van der Waals surface area contributed by atoms with Crippen molar-refractivity contribution in [3.05, 3.63) is 53.6 Å². The van der Waals surface area contributed by atoms with Crippen LogP contribution in [0.4, 0.5) is 0 Å². The monoisotopic (exact) mass is 355 g/mol. The number of hydrogen-bond acceptors (Lipinski definition) is 4. The van der Waals surface area contributed by atoms with Gasteiger partial charge in [0.2, 0.25) is 0 Å². The first-order valence-electron chi connectivity index (χ1n) is 9.07. The molecule has 0 bridgehead atoms. The maximum Gasteiger partial charge on any atom is 0.251 e. The Kier molecular flexibility index (Phi) is 6.26. The Labute approximate surface area is 153 Å². The highest BCUT2D eigenvalue weighted by Crippen LogP contribution is 2.27. The highest BCUT2D eigenvalue weighted by molar-refractivity contribution is 5.94. The molecule has 2 N–H and O–H groups in total. The average Bonchev–Trinajstić information content (AvgIpc) is 3.19. The molecule has 0 spiro atoms. The summed E-state index contributed by atoms with van der Waals surface area (Å²) >= 11 is 0. The molecule has 0 unspecified atom stereocenters. The molecule has 26 heavy (non-hydrogen) atoms. The number of amides is 1. The summed E-state index contributed by atoms with van der Waals surface area (Å²) in [6.07, 6.45) is 1.78. The number of hydrogen-bond donors (Lipinski definition) is 2. The minimum atomic E-state index is -0.0774. The third-order valence-corrected chi connectivity index (χ3v) is 4.44. The van der Waals surface area contributed by atoms with Crippen LogP contribution in [-0.4, -0.2) is 36.9 Å². The minimum absolute atomic E-state index is 0.0726. The maximum atomic E-state index is 12.3. The van der Waals surface area contributed by atoms with Crippen LogP contribution in [0.15, 0.2) is 42.5 Å². The number of benzene rings is 2. The first kappa shape index (κ1) is 18.4. The summed E-state index contributed by atoms with van der Waals surface area (Å²) in [5.74, 6) is 0.638. The fourth-order valence-corrected chi connectivity index (χ4v) is 2.97. The molecule has 1 fully saturated rings. The first-order valence-corrected chi connectivity index (χ1v) is 9.07. The molecular weight excluding hydrogens is 330 g/mol. The highest BCUT2D eigenvalue weighted by Gasteiger charge is 2.18. The summed E-state index contributed by atoms with van der Waals surface area (Å²) in [7, 11) is 0. The second-order valence-corrected chi connectivity index (χ2v) is 6.44. The van der Waals surface area contributed by atoms with Gasteiger partial charge in [-0.15, -0.1) is 0 Å². The van der Waals surface area contributed by atoms with Crippen LogP contribution in [-0.2, 0) is 11.3 Å². The van der Waals surface area contributed by atoms with Gasteiger partial charge in [0.25, 0.3) is 5.91 Å². The Morgan fingerprint density at radius 2 is 2.00 bits per heavy atom. The van der Waals surface area contributed by atoms with Crippen molar-refractivity contribution < 1.29 is 19.4 Å². The van der Waals surface area contributed by atoms with Crippen molar-refractivity contribution in [3.63, 3.8) is 0 Å². The third kappa shape index (κ3) is 4.42. The minimum Gasteiger partial charge on any atom is -0.493 e. The van der Waals surface area contributed by atoms with E-state index >= 15 is 0 Å². The van der Waals surface area contributed by atoms with E-state index in [-0.39, 0.29) is 18.6 Å². The lowest BCUT2D eigenvalue weighted by Gasteiger charge is -2.12. The Balaban J connectivity index is 1.72. The standard InChI is InChI=1S/C21H25NO4/c1-2-10-26-20-8-7-17(12-18(20)13-23)15-3-5-16(6-4-15)21(24)22-19-9-11-25-14-19/h3-8,12,19,23H,2,9-11,13-14H2,1H3,(H,22,24)/t19-/m0/s1. The predicted octanol–water partition coefficient (Wildman–Crippen LogP) is 3.15. The number of carbonyl (C=O) groups is 1. The third-order valence-electron chi connectivity index (χ3n) is 4.44. The van der Waals surface area contributed by atoms with Gasteiger partial charge in [0.1, 0.15) is 5.75 Å². The van der Waals surface area contributed by atoms with Crippen molar-refractivity contribution in [2.45, 2.75) is 32.4 Å². The van der Waals surface area contributed by atoms with Gasteiger partial charge in [-0.25, -0.2) is 0 Å². The van der Waals surface area contributed by atoms with Crippen LogP contribution in [0, 0.1) is 0 Å². The zero-order chi connectivity index (χ0) is 18.4. The van der Waals surface area contributed by atoms with Gasteiger partial charge in [0, 0.05) is 17.7 Å². The molecule has 3 rings (SSSR count). The van der Waals surface area contributed by atoms with Crippen LogP contribution in [0.1, 0.15) is 35.7 Å². The molecule has 5 heteroatoms. The van der Waals surface area contributed by atoms with Gasteiger partial charge in [-0.05, 0) is 48.2 Å². The van der Waals surface area contributed by atoms with Crippen molar-refractivity contribution in [1.82, 2.24) is 5.32 Å². The average molecular weight is 355 g/mol. The van der Waals surface area contributed by atoms with Crippen molar-refractivity contribution >= 4 is 5.91 Å². The molecule has 2 aromatic carbocycles. The zero-order valence-corrected chi connectivity index (χ0v) is 15.0. The van der Waals surface area contributed by atoms with E-state index in [2.05, 4.69) is 5.32 Å². The van der Waals surface area contributed by atoms with E-state index in [1.807, 2.05) is 49.4 Å². The molecule has 0 saturated carbocycles. The lowest BCUT2D eigenvalue weighted by atomic mass is 10.0. The van der Waals surface area contributed by atoms with Gasteiger partial charge in [-0.3, -0.25) is 4.79 Å². The van der Waals surface area contributed by atoms with Crippen molar-refractivity contribution in [2.75, 3.05) is 19.8 Å². The molecule has 138 valence electrons. The number of rotatable bonds is 7. The van der Waals surface area contributed by atoms with E-state index in [0.717, 1.165) is 29.5 Å². The number of aliphatic hydroxyl groups excluding tert-OH is 1. The Bertz CT molecular complexity index is 736. The van der Waals surface area contributed by atoms with Crippen LogP contribution in [0.5, 0.6) is 5.75 Å². The molecule has 1 amide bonds. The summed E-state index contributed by atoms with van der Waals surface area (Å²) in [4.78, 5) is 12.3. The number of carbonyl (C=O) groups excluding carboxylic acids is 1. The molecule has 1 atom stereocenters. The first-order chi connectivity index (χ1) is 12.7. The Morgan fingerprint density at radius 3 is 2.65 bits per heavy atom. The highest BCUT2D eigenvalue weighted by atomic mass is 16.5. The molecule has 0 radical (unpaired) electrons. The number of ether oxygens (including phenoxy) is 2. The van der Waals surface area contributed by atoms with Crippen LogP contribution >= 0.6 is 0 Å². The summed E-state index contributed by atoms with van der Waals surface area (Å²) in [6, 6.07) is 13.4. The maximum absolute atomic E-state index is 12.3. The molecule has 1 aliphatic rings. The fraction of sp³-hybridized carbons (Fsp3) is 0.381. The largest absolute Gasteiger partial charge is 0.493 e. The predicted molar refractivity (Wildman–Crippen MR) is 100 cm³/mol. The SMILES string of the molecule is CCCOc1ccc(-c2ccc(C(=O)N[C@H]3CCOC3)cc2)cc1CO. The van der Waals surface area contributed by atoms with E-state index < -0.39 is 0 Å². The smallest absolute Gasteiger partial charge is 0.251 e. The molecule has 0 aliphatic carbocycles. The molecule has 1 heterocycles. The van der Waals surface area contributed by atoms with Gasteiger partial charge < -0.3 is 19.9 Å². The van der Waals surface area contributed by atoms with Crippen molar-refractivity contribution in [2.24, 2.45) is 0 Å². The molecule has 1 saturated heterocycles. The summed E-state index contributed by atoms with van der Waals surface area (Å²) < 4.78 is 10.9. The lowest BCUT2D eigenvalue weighted by molar-refractivity contribution is 0.0930. The second-order valence-electron chi connectivity index (χ2n) is 6.44. The van der Waals surface area contributed by atoms with E-state index in [1.165, 1.54) is 0 Å². The van der Waals surface area contributed by atoms with Gasteiger partial charge in [-0.2, -0.15) is 0 Å². The molecule has 0 aromatic heterocycles. The normalized spacial score (nSPS) is 16.5. The van der Waals surface area contributed by atoms with Gasteiger partial charge in [0.15, 0.2) is 0 Å². The van der Waals surface area contributed by atoms with Crippen LogP contribution in [0.2, 0.25) is 0 Å². The van der Waals surface area contributed by atoms with E-state index in [9.17, 15) is 9.90 Å². The summed E-state index contributed by atoms with van der Waals surface area (Å²) in [6.45, 7) is 3.89. The van der Waals surface area contributed by atoms with Crippen LogP contribution in [0.25, 0.3) is 11.1 Å². The fourth-order valence-electron chi connectivity index (χ4n) is 2.97. The quantitative estimate of drug-likeness (QED) is 0.801. The Hall–Kier alpha value is -2.37. The number of aliphatic hydroxyl groups is 1. The molecular formula is C21H25NO4. The van der Waals surface area contributed by atoms with Crippen LogP contribution < -0.4 is 10.1 Å². The van der Waals surface area contributed by atoms with Crippen LogP contribution in [0.3, 0.4) is 0 Å². The van der Waals surface area contributed by atoms with Gasteiger partial charge >= 0.3 is 0 Å². The zero-order valence-electron chi connectivity index (χ0n) is 15.0. The summed E-state index contributed by atoms with van der Waals surface area (Å²) in [5, 5.41) is 12.6. The van der Waals surface area contributed by atoms with E-state index in [1.54, 1.807) is 0 Å². The van der Waals surface area contributed by atoms with Gasteiger partial charge in [0.05, 0.1) is 25.9 Å². The molecule has 2 aromatic rings. The summed E-state index contributed by atoms with van der Waals surface area (Å²) in [5.41, 5.74) is 3.36. The molecule has 5 nitrogen and oxygen atoms in total. The number of nitrogens with one attached hydrogen (secondary N) is 1. The van der Waals surface area contributed by atoms with E-state index in [0.29, 0.717) is 31.1 Å². The van der Waals surface area contributed by atoms with Crippen molar-refractivity contribution in [1.29, 1.82) is 0 Å². The second kappa shape index (κ2) is 8.83.